The average Bonchev–Trinajstić information content (AvgIpc) is 2.87. The summed E-state index contributed by atoms with van der Waals surface area (Å²) in [6.07, 6.45) is 12.7. The summed E-state index contributed by atoms with van der Waals surface area (Å²) in [5.41, 5.74) is 3.23. The molecule has 0 unspecified atom stereocenters. The van der Waals surface area contributed by atoms with Crippen molar-refractivity contribution in [3.05, 3.63) is 64.7 Å². The normalized spacial score (nSPS) is 19.9. The molecule has 0 radical (unpaired) electrons. The second-order valence-corrected chi connectivity index (χ2v) is 10.8. The quantitative estimate of drug-likeness (QED) is 0.172. The predicted octanol–water partition coefficient (Wildman–Crippen LogP) is 10.1. The van der Waals surface area contributed by atoms with Crippen molar-refractivity contribution in [3.8, 4) is 16.9 Å². The maximum absolute atomic E-state index is 15.4. The number of rotatable bonds is 10. The van der Waals surface area contributed by atoms with Gasteiger partial charge >= 0.3 is 6.36 Å². The minimum Gasteiger partial charge on any atom is -0.403 e. The van der Waals surface area contributed by atoms with Crippen LogP contribution in [0.15, 0.2) is 42.0 Å². The Balaban J connectivity index is 1.31. The van der Waals surface area contributed by atoms with Crippen molar-refractivity contribution in [3.63, 3.8) is 0 Å². The molecular weight excluding hydrogens is 483 g/mol. The summed E-state index contributed by atoms with van der Waals surface area (Å²) in [7, 11) is 0. The molecule has 6 heteroatoms. The van der Waals surface area contributed by atoms with Crippen molar-refractivity contribution in [2.75, 3.05) is 0 Å². The number of hydrogen-bond acceptors (Lipinski definition) is 1. The van der Waals surface area contributed by atoms with E-state index in [0.29, 0.717) is 18.4 Å². The van der Waals surface area contributed by atoms with E-state index in [1.165, 1.54) is 75.8 Å². The van der Waals surface area contributed by atoms with Crippen LogP contribution in [0.1, 0.15) is 88.7 Å². The molecule has 0 heterocycles. The SMILES string of the molecule is CCCCCCC1CCC(CCC2=CCc3c(ccc(-c4ccc(OC(F)(F)F)c(F)c4)c3F)C2)CC1. The molecule has 202 valence electrons. The van der Waals surface area contributed by atoms with E-state index < -0.39 is 23.7 Å². The highest BCUT2D eigenvalue weighted by Gasteiger charge is 2.32. The second-order valence-electron chi connectivity index (χ2n) is 10.8. The van der Waals surface area contributed by atoms with Gasteiger partial charge in [-0.25, -0.2) is 8.78 Å². The molecule has 0 atom stereocenters. The Labute approximate surface area is 217 Å². The van der Waals surface area contributed by atoms with Crippen molar-refractivity contribution in [2.45, 2.75) is 96.8 Å². The van der Waals surface area contributed by atoms with Crippen molar-refractivity contribution in [1.82, 2.24) is 0 Å². The van der Waals surface area contributed by atoms with E-state index in [9.17, 15) is 17.6 Å². The zero-order chi connectivity index (χ0) is 26.4. The van der Waals surface area contributed by atoms with E-state index in [4.69, 9.17) is 0 Å². The molecule has 2 aromatic carbocycles. The molecule has 0 aliphatic heterocycles. The summed E-state index contributed by atoms with van der Waals surface area (Å²) in [5, 5.41) is 0. The first-order valence-corrected chi connectivity index (χ1v) is 13.8. The third-order valence-electron chi connectivity index (χ3n) is 8.13. The number of benzene rings is 2. The molecule has 2 aliphatic rings. The van der Waals surface area contributed by atoms with Gasteiger partial charge in [0.15, 0.2) is 11.6 Å². The van der Waals surface area contributed by atoms with Gasteiger partial charge in [-0.2, -0.15) is 0 Å². The van der Waals surface area contributed by atoms with Crippen LogP contribution in [0.4, 0.5) is 22.0 Å². The lowest BCUT2D eigenvalue weighted by Crippen LogP contribution is -2.17. The van der Waals surface area contributed by atoms with Crippen LogP contribution in [0.25, 0.3) is 11.1 Å². The fourth-order valence-corrected chi connectivity index (χ4v) is 5.96. The largest absolute Gasteiger partial charge is 0.573 e. The Morgan fingerprint density at radius 1 is 0.892 bits per heavy atom. The Bertz CT molecular complexity index is 1080. The van der Waals surface area contributed by atoms with E-state index in [1.807, 2.05) is 6.07 Å². The topological polar surface area (TPSA) is 9.23 Å². The summed E-state index contributed by atoms with van der Waals surface area (Å²) in [4.78, 5) is 0. The number of hydrogen-bond donors (Lipinski definition) is 0. The lowest BCUT2D eigenvalue weighted by atomic mass is 9.77. The van der Waals surface area contributed by atoms with Gasteiger partial charge in [-0.1, -0.05) is 94.6 Å². The van der Waals surface area contributed by atoms with Crippen LogP contribution in [0.5, 0.6) is 5.75 Å². The second kappa shape index (κ2) is 12.4. The first-order chi connectivity index (χ1) is 17.7. The van der Waals surface area contributed by atoms with E-state index in [0.717, 1.165) is 36.0 Å². The van der Waals surface area contributed by atoms with Gasteiger partial charge in [0.05, 0.1) is 0 Å². The molecular formula is C31H37F5O. The van der Waals surface area contributed by atoms with Crippen molar-refractivity contribution in [2.24, 2.45) is 11.8 Å². The molecule has 2 aliphatic carbocycles. The molecule has 0 N–H and O–H groups in total. The van der Waals surface area contributed by atoms with E-state index in [-0.39, 0.29) is 11.1 Å². The monoisotopic (exact) mass is 520 g/mol. The summed E-state index contributed by atoms with van der Waals surface area (Å²) >= 11 is 0. The number of halogens is 5. The van der Waals surface area contributed by atoms with Gasteiger partial charge in [-0.3, -0.25) is 0 Å². The summed E-state index contributed by atoms with van der Waals surface area (Å²) in [5.74, 6) is -0.850. The fraction of sp³-hybridized carbons (Fsp3) is 0.548. The first-order valence-electron chi connectivity index (χ1n) is 13.8. The number of fused-ring (bicyclic) bond motifs is 1. The van der Waals surface area contributed by atoms with Crippen LogP contribution in [0.3, 0.4) is 0 Å². The lowest BCUT2D eigenvalue weighted by Gasteiger charge is -2.29. The minimum atomic E-state index is -4.99. The third-order valence-corrected chi connectivity index (χ3v) is 8.13. The first kappa shape index (κ1) is 27.7. The summed E-state index contributed by atoms with van der Waals surface area (Å²) < 4.78 is 70.4. The van der Waals surface area contributed by atoms with Gasteiger partial charge in [0.1, 0.15) is 5.82 Å². The Kier molecular flexibility index (Phi) is 9.31. The molecule has 0 aromatic heterocycles. The van der Waals surface area contributed by atoms with Gasteiger partial charge < -0.3 is 4.74 Å². The van der Waals surface area contributed by atoms with Gasteiger partial charge in [-0.05, 0) is 66.3 Å². The number of unbranched alkanes of at least 4 members (excludes halogenated alkanes) is 3. The van der Waals surface area contributed by atoms with E-state index >= 15 is 4.39 Å². The zero-order valence-electron chi connectivity index (χ0n) is 21.6. The summed E-state index contributed by atoms with van der Waals surface area (Å²) in [6.45, 7) is 2.25. The molecule has 1 nitrogen and oxygen atoms in total. The number of ether oxygens (including phenoxy) is 1. The standard InChI is InChI=1S/C31H37F5O/c1-2-3-4-5-6-21-7-9-22(10-8-21)11-12-23-13-16-26-24(19-23)14-17-27(30(26)33)25-15-18-29(28(32)20-25)37-31(34,35)36/h13-15,17-18,20-22H,2-12,16,19H2,1H3. The molecule has 0 spiro atoms. The van der Waals surface area contributed by atoms with Crippen LogP contribution in [0, 0.1) is 23.5 Å². The van der Waals surface area contributed by atoms with Crippen molar-refractivity contribution < 1.29 is 26.7 Å². The van der Waals surface area contributed by atoms with Crippen LogP contribution < -0.4 is 4.74 Å². The molecule has 0 amide bonds. The fourth-order valence-electron chi connectivity index (χ4n) is 5.96. The molecule has 1 saturated carbocycles. The maximum Gasteiger partial charge on any atom is 0.573 e. The van der Waals surface area contributed by atoms with Gasteiger partial charge in [-0.15, -0.1) is 13.2 Å². The van der Waals surface area contributed by atoms with Gasteiger partial charge in [0, 0.05) is 5.56 Å². The van der Waals surface area contributed by atoms with Crippen LogP contribution in [-0.2, 0) is 12.8 Å². The smallest absolute Gasteiger partial charge is 0.403 e. The molecule has 4 rings (SSSR count). The van der Waals surface area contributed by atoms with Crippen molar-refractivity contribution in [1.29, 1.82) is 0 Å². The molecule has 2 aromatic rings. The van der Waals surface area contributed by atoms with Crippen LogP contribution >= 0.6 is 0 Å². The lowest BCUT2D eigenvalue weighted by molar-refractivity contribution is -0.275. The maximum atomic E-state index is 15.4. The third kappa shape index (κ3) is 7.58. The van der Waals surface area contributed by atoms with E-state index in [2.05, 4.69) is 17.7 Å². The number of allylic oxidation sites excluding steroid dienone is 2. The van der Waals surface area contributed by atoms with Gasteiger partial charge in [0.25, 0.3) is 0 Å². The van der Waals surface area contributed by atoms with E-state index in [1.54, 1.807) is 6.07 Å². The Morgan fingerprint density at radius 3 is 2.30 bits per heavy atom. The highest BCUT2D eigenvalue weighted by atomic mass is 19.4. The minimum absolute atomic E-state index is 0.180. The highest BCUT2D eigenvalue weighted by Crippen LogP contribution is 2.37. The predicted molar refractivity (Wildman–Crippen MR) is 137 cm³/mol. The number of alkyl halides is 3. The van der Waals surface area contributed by atoms with Crippen LogP contribution in [0.2, 0.25) is 0 Å². The molecule has 37 heavy (non-hydrogen) atoms. The van der Waals surface area contributed by atoms with Crippen LogP contribution in [-0.4, -0.2) is 6.36 Å². The molecule has 1 fully saturated rings. The highest BCUT2D eigenvalue weighted by molar-refractivity contribution is 5.67. The average molecular weight is 521 g/mol. The van der Waals surface area contributed by atoms with Gasteiger partial charge in [0.2, 0.25) is 0 Å². The Morgan fingerprint density at radius 2 is 1.62 bits per heavy atom. The Hall–Kier alpha value is -2.37. The molecule has 0 saturated heterocycles. The zero-order valence-corrected chi connectivity index (χ0v) is 21.6. The molecule has 0 bridgehead atoms. The van der Waals surface area contributed by atoms with Crippen molar-refractivity contribution >= 4 is 0 Å². The summed E-state index contributed by atoms with van der Waals surface area (Å²) in [6, 6.07) is 6.48.